The Labute approximate surface area is 191 Å². The summed E-state index contributed by atoms with van der Waals surface area (Å²) in [5.74, 6) is 0.508. The molecule has 0 aliphatic heterocycles. The molecule has 3 aromatic rings. The lowest BCUT2D eigenvalue weighted by atomic mass is 9.91. The number of nitrogens with two attached hydrogens (primary N) is 1. The fourth-order valence-corrected chi connectivity index (χ4v) is 3.66. The van der Waals surface area contributed by atoms with E-state index in [4.69, 9.17) is 11.0 Å². The van der Waals surface area contributed by atoms with Crippen LogP contribution < -0.4 is 21.7 Å². The van der Waals surface area contributed by atoms with Gasteiger partial charge in [-0.05, 0) is 31.2 Å². The summed E-state index contributed by atoms with van der Waals surface area (Å²) in [6.07, 6.45) is 6.49. The van der Waals surface area contributed by atoms with Gasteiger partial charge in [0.05, 0.1) is 18.1 Å². The van der Waals surface area contributed by atoms with Gasteiger partial charge in [0.1, 0.15) is 11.9 Å². The molecular formula is C23H25N9O. The van der Waals surface area contributed by atoms with E-state index in [1.165, 1.54) is 12.4 Å². The quantitative estimate of drug-likeness (QED) is 0.431. The molecular weight excluding hydrogens is 418 g/mol. The molecule has 0 saturated heterocycles. The van der Waals surface area contributed by atoms with Crippen LogP contribution >= 0.6 is 0 Å². The zero-order valence-corrected chi connectivity index (χ0v) is 18.0. The lowest BCUT2D eigenvalue weighted by Crippen LogP contribution is -2.34. The van der Waals surface area contributed by atoms with Crippen LogP contribution in [0.25, 0.3) is 0 Å². The van der Waals surface area contributed by atoms with Crippen LogP contribution in [0.2, 0.25) is 0 Å². The number of anilines is 3. The molecule has 1 amide bonds. The van der Waals surface area contributed by atoms with Gasteiger partial charge in [0.15, 0.2) is 17.2 Å². The Kier molecular flexibility index (Phi) is 7.02. The van der Waals surface area contributed by atoms with E-state index in [0.717, 1.165) is 31.2 Å². The van der Waals surface area contributed by atoms with E-state index in [2.05, 4.69) is 36.1 Å². The number of rotatable bonds is 7. The van der Waals surface area contributed by atoms with E-state index < -0.39 is 0 Å². The van der Waals surface area contributed by atoms with Crippen molar-refractivity contribution >= 4 is 23.2 Å². The molecule has 1 saturated carbocycles. The predicted molar refractivity (Wildman–Crippen MR) is 124 cm³/mol. The monoisotopic (exact) mass is 443 g/mol. The van der Waals surface area contributed by atoms with Crippen molar-refractivity contribution in [2.24, 2.45) is 5.73 Å². The lowest BCUT2D eigenvalue weighted by Gasteiger charge is -2.28. The maximum Gasteiger partial charge on any atom is 0.274 e. The van der Waals surface area contributed by atoms with Gasteiger partial charge < -0.3 is 21.7 Å². The lowest BCUT2D eigenvalue weighted by molar-refractivity contribution is 0.0945. The Balaban J connectivity index is 1.53. The molecule has 0 bridgehead atoms. The number of aromatic nitrogens is 4. The number of nitrogens with zero attached hydrogens (tertiary/aromatic N) is 5. The van der Waals surface area contributed by atoms with Gasteiger partial charge in [0.2, 0.25) is 0 Å². The van der Waals surface area contributed by atoms with Crippen LogP contribution in [-0.4, -0.2) is 38.2 Å². The third-order valence-corrected chi connectivity index (χ3v) is 5.46. The van der Waals surface area contributed by atoms with Crippen molar-refractivity contribution in [2.75, 3.05) is 10.6 Å². The largest absolute Gasteiger partial charge is 0.380 e. The highest BCUT2D eigenvalue weighted by atomic mass is 16.1. The van der Waals surface area contributed by atoms with E-state index in [-0.39, 0.29) is 29.4 Å². The minimum atomic E-state index is -0.314. The molecule has 10 nitrogen and oxygen atoms in total. The number of carbonyl (C=O) groups excluding carboxylic acids is 1. The Hall–Kier alpha value is -4.10. The van der Waals surface area contributed by atoms with Crippen molar-refractivity contribution in [3.63, 3.8) is 0 Å². The maximum absolute atomic E-state index is 12.9. The topological polar surface area (TPSA) is 155 Å². The molecule has 0 radical (unpaired) electrons. The number of hydrogen-bond donors (Lipinski definition) is 4. The molecule has 0 spiro atoms. The SMILES string of the molecule is N#Cc1cnc(Nc2cc(NC3CCC(N)CC3)c(C(=O)NCc3ccccc3)nn2)cn1. The molecule has 2 aromatic heterocycles. The summed E-state index contributed by atoms with van der Waals surface area (Å²) in [7, 11) is 0. The highest BCUT2D eigenvalue weighted by Crippen LogP contribution is 2.25. The van der Waals surface area contributed by atoms with Gasteiger partial charge >= 0.3 is 0 Å². The first-order valence-electron chi connectivity index (χ1n) is 10.8. The number of hydrogen-bond acceptors (Lipinski definition) is 9. The summed E-state index contributed by atoms with van der Waals surface area (Å²) in [6.45, 7) is 0.389. The van der Waals surface area contributed by atoms with Gasteiger partial charge in [-0.1, -0.05) is 30.3 Å². The zero-order valence-electron chi connectivity index (χ0n) is 18.0. The summed E-state index contributed by atoms with van der Waals surface area (Å²) >= 11 is 0. The van der Waals surface area contributed by atoms with Crippen LogP contribution in [0.1, 0.15) is 47.4 Å². The molecule has 1 aliphatic carbocycles. The van der Waals surface area contributed by atoms with E-state index in [0.29, 0.717) is 23.9 Å². The maximum atomic E-state index is 12.9. The first kappa shape index (κ1) is 22.1. The van der Waals surface area contributed by atoms with Gasteiger partial charge in [-0.2, -0.15) is 5.26 Å². The molecule has 1 fully saturated rings. The first-order chi connectivity index (χ1) is 16.1. The van der Waals surface area contributed by atoms with Crippen LogP contribution in [0.5, 0.6) is 0 Å². The van der Waals surface area contributed by atoms with E-state index in [1.54, 1.807) is 6.07 Å². The summed E-state index contributed by atoms with van der Waals surface area (Å²) < 4.78 is 0. The van der Waals surface area contributed by atoms with Gasteiger partial charge in [0, 0.05) is 24.7 Å². The van der Waals surface area contributed by atoms with Crippen LogP contribution in [0, 0.1) is 11.3 Å². The molecule has 1 aliphatic rings. The standard InChI is InChI=1S/C23H25N9O/c24-11-18-13-27-21(14-26-18)30-20-10-19(29-17-8-6-16(25)7-9-17)22(32-31-20)23(33)28-12-15-4-2-1-3-5-15/h1-5,10,13-14,16-17H,6-9,12,25H2,(H,28,33)(H2,27,29,30,31). The molecule has 4 rings (SSSR count). The fourth-order valence-electron chi connectivity index (χ4n) is 3.66. The normalized spacial score (nSPS) is 17.6. The molecule has 33 heavy (non-hydrogen) atoms. The molecule has 0 unspecified atom stereocenters. The van der Waals surface area contributed by atoms with Crippen molar-refractivity contribution in [3.8, 4) is 6.07 Å². The second kappa shape index (κ2) is 10.5. The van der Waals surface area contributed by atoms with Crippen LogP contribution in [0.3, 0.4) is 0 Å². The molecule has 5 N–H and O–H groups in total. The number of nitrogens with one attached hydrogen (secondary N) is 3. The third kappa shape index (κ3) is 5.99. The minimum absolute atomic E-state index is 0.192. The van der Waals surface area contributed by atoms with E-state index in [9.17, 15) is 4.79 Å². The summed E-state index contributed by atoms with van der Waals surface area (Å²) in [4.78, 5) is 21.1. The van der Waals surface area contributed by atoms with Crippen molar-refractivity contribution < 1.29 is 4.79 Å². The van der Waals surface area contributed by atoms with Crippen molar-refractivity contribution in [2.45, 2.75) is 44.3 Å². The van der Waals surface area contributed by atoms with Crippen molar-refractivity contribution in [1.29, 1.82) is 5.26 Å². The third-order valence-electron chi connectivity index (χ3n) is 5.46. The van der Waals surface area contributed by atoms with Crippen LogP contribution in [0.15, 0.2) is 48.8 Å². The van der Waals surface area contributed by atoms with Gasteiger partial charge in [-0.25, -0.2) is 9.97 Å². The highest BCUT2D eigenvalue weighted by Gasteiger charge is 2.22. The Morgan fingerprint density at radius 2 is 1.85 bits per heavy atom. The van der Waals surface area contributed by atoms with Gasteiger partial charge in [-0.15, -0.1) is 10.2 Å². The highest BCUT2D eigenvalue weighted by molar-refractivity contribution is 5.97. The number of nitriles is 1. The van der Waals surface area contributed by atoms with Crippen LogP contribution in [-0.2, 0) is 6.54 Å². The Bertz CT molecular complexity index is 1120. The molecule has 10 heteroatoms. The van der Waals surface area contributed by atoms with E-state index in [1.807, 2.05) is 36.4 Å². The molecule has 168 valence electrons. The number of benzene rings is 1. The first-order valence-corrected chi connectivity index (χ1v) is 10.8. The van der Waals surface area contributed by atoms with E-state index >= 15 is 0 Å². The number of carbonyl (C=O) groups is 1. The minimum Gasteiger partial charge on any atom is -0.380 e. The summed E-state index contributed by atoms with van der Waals surface area (Å²) in [5, 5.41) is 26.6. The van der Waals surface area contributed by atoms with Crippen LogP contribution in [0.4, 0.5) is 17.3 Å². The molecule has 1 aromatic carbocycles. The molecule has 2 heterocycles. The Morgan fingerprint density at radius 3 is 2.55 bits per heavy atom. The average molecular weight is 444 g/mol. The van der Waals surface area contributed by atoms with Gasteiger partial charge in [-0.3, -0.25) is 4.79 Å². The fraction of sp³-hybridized carbons (Fsp3) is 0.304. The average Bonchev–Trinajstić information content (AvgIpc) is 2.85. The smallest absolute Gasteiger partial charge is 0.274 e. The zero-order chi connectivity index (χ0) is 23.0. The second-order valence-corrected chi connectivity index (χ2v) is 7.94. The van der Waals surface area contributed by atoms with Gasteiger partial charge in [0.25, 0.3) is 5.91 Å². The summed E-state index contributed by atoms with van der Waals surface area (Å²) in [6, 6.07) is 13.7. The Morgan fingerprint density at radius 1 is 1.06 bits per heavy atom. The number of amides is 1. The van der Waals surface area contributed by atoms with Crippen molar-refractivity contribution in [1.82, 2.24) is 25.5 Å². The molecule has 0 atom stereocenters. The predicted octanol–water partition coefficient (Wildman–Crippen LogP) is 2.49. The van der Waals surface area contributed by atoms with Crippen molar-refractivity contribution in [3.05, 3.63) is 65.7 Å². The summed E-state index contributed by atoms with van der Waals surface area (Å²) in [5.41, 5.74) is 8.05. The second-order valence-electron chi connectivity index (χ2n) is 7.94.